The van der Waals surface area contributed by atoms with E-state index >= 15 is 0 Å². The van der Waals surface area contributed by atoms with Crippen molar-refractivity contribution in [1.29, 1.82) is 0 Å². The summed E-state index contributed by atoms with van der Waals surface area (Å²) in [6.45, 7) is 3.79. The average molecular weight is 416 g/mol. The van der Waals surface area contributed by atoms with Crippen LogP contribution in [0.5, 0.6) is 0 Å². The van der Waals surface area contributed by atoms with Gasteiger partial charge in [0.1, 0.15) is 11.9 Å². The summed E-state index contributed by atoms with van der Waals surface area (Å²) in [5.41, 5.74) is 5.06. The van der Waals surface area contributed by atoms with E-state index in [2.05, 4.69) is 59.5 Å². The Morgan fingerprint density at radius 2 is 1.45 bits per heavy atom. The Kier molecular flexibility index (Phi) is 7.65. The predicted molar refractivity (Wildman–Crippen MR) is 125 cm³/mol. The van der Waals surface area contributed by atoms with E-state index in [1.54, 1.807) is 12.1 Å². The fourth-order valence-electron chi connectivity index (χ4n) is 4.07. The molecule has 0 bridgehead atoms. The van der Waals surface area contributed by atoms with Crippen LogP contribution < -0.4 is 0 Å². The van der Waals surface area contributed by atoms with Crippen molar-refractivity contribution in [2.45, 2.75) is 25.4 Å². The van der Waals surface area contributed by atoms with Crippen molar-refractivity contribution in [1.82, 2.24) is 4.90 Å². The van der Waals surface area contributed by atoms with Gasteiger partial charge in [-0.1, -0.05) is 84.4 Å². The Hall–Kier alpha value is -2.75. The molecular formula is C28H30FNO. The summed E-state index contributed by atoms with van der Waals surface area (Å²) in [4.78, 5) is 2.46. The molecule has 0 amide bonds. The molecule has 0 fully saturated rings. The third kappa shape index (κ3) is 6.36. The zero-order chi connectivity index (χ0) is 21.3. The summed E-state index contributed by atoms with van der Waals surface area (Å²) >= 11 is 0. The average Bonchev–Trinajstić information content (AvgIpc) is 2.83. The van der Waals surface area contributed by atoms with Gasteiger partial charge in [0.15, 0.2) is 0 Å². The summed E-state index contributed by atoms with van der Waals surface area (Å²) < 4.78 is 19.4. The highest BCUT2D eigenvalue weighted by molar-refractivity contribution is 5.30. The first-order chi connectivity index (χ1) is 15.3. The van der Waals surface area contributed by atoms with E-state index in [4.69, 9.17) is 4.74 Å². The lowest BCUT2D eigenvalue weighted by Gasteiger charge is -2.27. The van der Waals surface area contributed by atoms with Crippen molar-refractivity contribution in [3.05, 3.63) is 119 Å². The Labute approximate surface area is 185 Å². The van der Waals surface area contributed by atoms with E-state index in [0.717, 1.165) is 45.5 Å². The van der Waals surface area contributed by atoms with Gasteiger partial charge >= 0.3 is 0 Å². The third-order valence-electron chi connectivity index (χ3n) is 5.93. The number of hydrogen-bond donors (Lipinski definition) is 0. The number of ether oxygens (including phenoxy) is 1. The van der Waals surface area contributed by atoms with E-state index in [9.17, 15) is 4.39 Å². The molecule has 160 valence electrons. The highest BCUT2D eigenvalue weighted by Crippen LogP contribution is 2.26. The van der Waals surface area contributed by atoms with Crippen LogP contribution in [0.2, 0.25) is 0 Å². The quantitative estimate of drug-likeness (QED) is 0.386. The van der Waals surface area contributed by atoms with Crippen molar-refractivity contribution >= 4 is 0 Å². The van der Waals surface area contributed by atoms with Gasteiger partial charge in [-0.15, -0.1) is 0 Å². The first-order valence-electron chi connectivity index (χ1n) is 11.1. The van der Waals surface area contributed by atoms with Crippen molar-refractivity contribution < 1.29 is 9.13 Å². The normalized spacial score (nSPS) is 14.6. The maximum atomic E-state index is 13.0. The molecular weight excluding hydrogens is 385 g/mol. The van der Waals surface area contributed by atoms with Crippen LogP contribution in [0.3, 0.4) is 0 Å². The fraction of sp³-hybridized carbons (Fsp3) is 0.286. The molecule has 0 N–H and O–H groups in total. The standard InChI is InChI=1S/C28H30FNO/c29-27-13-11-23(12-14-27)15-19-30-20-16-24(17-21-30)18-22-31-28(25-7-3-1-4-8-25)26-9-5-2-6-10-26/h1-14,16,28H,15,17-22H2. The monoisotopic (exact) mass is 415 g/mol. The lowest BCUT2D eigenvalue weighted by atomic mass is 10.0. The molecule has 3 heteroatoms. The lowest BCUT2D eigenvalue weighted by Crippen LogP contribution is -2.31. The summed E-state index contributed by atoms with van der Waals surface area (Å²) in [6, 6.07) is 27.8. The number of hydrogen-bond acceptors (Lipinski definition) is 2. The predicted octanol–water partition coefficient (Wildman–Crippen LogP) is 6.20. The van der Waals surface area contributed by atoms with Gasteiger partial charge in [0.2, 0.25) is 0 Å². The van der Waals surface area contributed by atoms with Gasteiger partial charge in [-0.25, -0.2) is 4.39 Å². The molecule has 0 unspecified atom stereocenters. The minimum absolute atomic E-state index is 0.0289. The minimum atomic E-state index is -0.168. The van der Waals surface area contributed by atoms with E-state index in [-0.39, 0.29) is 11.9 Å². The number of benzene rings is 3. The molecule has 0 saturated carbocycles. The van der Waals surface area contributed by atoms with Gasteiger partial charge in [-0.05, 0) is 48.1 Å². The molecule has 0 aliphatic carbocycles. The third-order valence-corrected chi connectivity index (χ3v) is 5.93. The van der Waals surface area contributed by atoms with Crippen LogP contribution in [0.1, 0.15) is 35.6 Å². The molecule has 1 heterocycles. The molecule has 0 atom stereocenters. The first kappa shape index (κ1) is 21.5. The van der Waals surface area contributed by atoms with E-state index < -0.39 is 0 Å². The Bertz CT molecular complexity index is 914. The first-order valence-corrected chi connectivity index (χ1v) is 11.1. The maximum Gasteiger partial charge on any atom is 0.123 e. The summed E-state index contributed by atoms with van der Waals surface area (Å²) in [7, 11) is 0. The molecule has 0 saturated heterocycles. The van der Waals surface area contributed by atoms with Gasteiger partial charge < -0.3 is 4.74 Å². The Morgan fingerprint density at radius 3 is 2.03 bits per heavy atom. The smallest absolute Gasteiger partial charge is 0.123 e. The molecule has 0 spiro atoms. The second kappa shape index (κ2) is 11.0. The molecule has 0 aromatic heterocycles. The summed E-state index contributed by atoms with van der Waals surface area (Å²) in [5.74, 6) is -0.168. The fourth-order valence-corrected chi connectivity index (χ4v) is 4.07. The number of nitrogens with zero attached hydrogens (tertiary/aromatic N) is 1. The topological polar surface area (TPSA) is 12.5 Å². The van der Waals surface area contributed by atoms with Gasteiger partial charge in [-0.2, -0.15) is 0 Å². The van der Waals surface area contributed by atoms with Crippen LogP contribution in [0.15, 0.2) is 96.6 Å². The molecule has 1 aliphatic rings. The van der Waals surface area contributed by atoms with Gasteiger partial charge in [0.25, 0.3) is 0 Å². The molecule has 31 heavy (non-hydrogen) atoms. The van der Waals surface area contributed by atoms with Crippen molar-refractivity contribution in [3.8, 4) is 0 Å². The SMILES string of the molecule is Fc1ccc(CCN2CC=C(CCOC(c3ccccc3)c3ccccc3)CC2)cc1. The highest BCUT2D eigenvalue weighted by atomic mass is 19.1. The second-order valence-corrected chi connectivity index (χ2v) is 8.11. The van der Waals surface area contributed by atoms with Crippen molar-refractivity contribution in [2.75, 3.05) is 26.2 Å². The van der Waals surface area contributed by atoms with Crippen LogP contribution in [0.25, 0.3) is 0 Å². The Morgan fingerprint density at radius 1 is 0.806 bits per heavy atom. The molecule has 3 aromatic rings. The number of rotatable bonds is 9. The van der Waals surface area contributed by atoms with Gasteiger partial charge in [0, 0.05) is 19.6 Å². The van der Waals surface area contributed by atoms with Gasteiger partial charge in [-0.3, -0.25) is 4.90 Å². The summed E-state index contributed by atoms with van der Waals surface area (Å²) in [6.07, 6.45) is 5.36. The van der Waals surface area contributed by atoms with Crippen molar-refractivity contribution in [2.24, 2.45) is 0 Å². The molecule has 4 rings (SSSR count). The second-order valence-electron chi connectivity index (χ2n) is 8.11. The molecule has 3 aromatic carbocycles. The van der Waals surface area contributed by atoms with Crippen LogP contribution >= 0.6 is 0 Å². The van der Waals surface area contributed by atoms with Crippen LogP contribution in [-0.4, -0.2) is 31.1 Å². The number of halogens is 1. The van der Waals surface area contributed by atoms with Crippen LogP contribution in [-0.2, 0) is 11.2 Å². The Balaban J connectivity index is 1.26. The molecule has 0 radical (unpaired) electrons. The molecule has 2 nitrogen and oxygen atoms in total. The minimum Gasteiger partial charge on any atom is -0.368 e. The zero-order valence-corrected chi connectivity index (χ0v) is 17.9. The largest absolute Gasteiger partial charge is 0.368 e. The van der Waals surface area contributed by atoms with Gasteiger partial charge in [0.05, 0.1) is 6.61 Å². The highest BCUT2D eigenvalue weighted by Gasteiger charge is 2.16. The van der Waals surface area contributed by atoms with E-state index in [1.807, 2.05) is 24.3 Å². The van der Waals surface area contributed by atoms with E-state index in [1.165, 1.54) is 22.3 Å². The van der Waals surface area contributed by atoms with Crippen LogP contribution in [0, 0.1) is 5.82 Å². The maximum absolute atomic E-state index is 13.0. The summed E-state index contributed by atoms with van der Waals surface area (Å²) in [5, 5.41) is 0. The van der Waals surface area contributed by atoms with Crippen LogP contribution in [0.4, 0.5) is 4.39 Å². The van der Waals surface area contributed by atoms with Crippen molar-refractivity contribution in [3.63, 3.8) is 0 Å². The zero-order valence-electron chi connectivity index (χ0n) is 17.9. The van der Waals surface area contributed by atoms with E-state index in [0.29, 0.717) is 0 Å². The lowest BCUT2D eigenvalue weighted by molar-refractivity contribution is 0.0816. The molecule has 1 aliphatic heterocycles.